The zero-order chi connectivity index (χ0) is 14.8. The van der Waals surface area contributed by atoms with Gasteiger partial charge < -0.3 is 0 Å². The van der Waals surface area contributed by atoms with E-state index in [0.717, 1.165) is 0 Å². The molecule has 0 heterocycles. The monoisotopic (exact) mass is 259 g/mol. The summed E-state index contributed by atoms with van der Waals surface area (Å²) in [6.07, 6.45) is -0.159. The molecule has 0 aromatic heterocycles. The van der Waals surface area contributed by atoms with Gasteiger partial charge in [0.15, 0.2) is 11.7 Å². The molecule has 0 atom stereocenters. The van der Waals surface area contributed by atoms with Gasteiger partial charge in [-0.1, -0.05) is 26.0 Å². The smallest absolute Gasteiger partial charge is 0.269 e. The van der Waals surface area contributed by atoms with Crippen LogP contribution in [0.4, 0.5) is 5.69 Å². The number of carbonyl (C=O) groups is 1. The Morgan fingerprint density at radius 3 is 2.42 bits per heavy atom. The average Bonchev–Trinajstić information content (AvgIpc) is 2.42. The maximum absolute atomic E-state index is 11.4. The lowest BCUT2D eigenvalue weighted by Crippen LogP contribution is -2.13. The molecule has 0 fully saturated rings. The summed E-state index contributed by atoms with van der Waals surface area (Å²) in [4.78, 5) is 21.4. The first kappa shape index (κ1) is 16.3. The van der Waals surface area contributed by atoms with E-state index in [1.165, 1.54) is 24.3 Å². The number of Topliss-reactive ketones (excluding diaryl/α,β-unsaturated/α-hetero) is 1. The second-order valence-corrected chi connectivity index (χ2v) is 3.26. The van der Waals surface area contributed by atoms with E-state index in [2.05, 4.69) is 0 Å². The van der Waals surface area contributed by atoms with Crippen LogP contribution in [0.1, 0.15) is 19.4 Å². The van der Waals surface area contributed by atoms with Crippen LogP contribution in [0.5, 0.6) is 0 Å². The summed E-state index contributed by atoms with van der Waals surface area (Å²) in [6, 6.07) is 8.68. The van der Waals surface area contributed by atoms with Gasteiger partial charge >= 0.3 is 0 Å². The van der Waals surface area contributed by atoms with E-state index < -0.39 is 16.6 Å². The lowest BCUT2D eigenvalue weighted by Gasteiger charge is -2.00. The highest BCUT2D eigenvalue weighted by Gasteiger charge is 2.18. The zero-order valence-corrected chi connectivity index (χ0v) is 10.7. The minimum absolute atomic E-state index is 0.124. The van der Waals surface area contributed by atoms with Gasteiger partial charge in [0.1, 0.15) is 0 Å². The molecule has 0 amide bonds. The fraction of sp³-hybridized carbons (Fsp3) is 0.308. The van der Waals surface area contributed by atoms with Crippen molar-refractivity contribution < 1.29 is 9.72 Å². The molecule has 0 aliphatic rings. The summed E-state index contributed by atoms with van der Waals surface area (Å²) in [5, 5.41) is 27.5. The predicted molar refractivity (Wildman–Crippen MR) is 67.9 cm³/mol. The number of rotatable bonds is 4. The van der Waals surface area contributed by atoms with Crippen LogP contribution in [0.2, 0.25) is 0 Å². The summed E-state index contributed by atoms with van der Waals surface area (Å²) in [7, 11) is 0. The Morgan fingerprint density at radius 2 is 1.95 bits per heavy atom. The van der Waals surface area contributed by atoms with Crippen molar-refractivity contribution in [2.75, 3.05) is 0 Å². The number of hydrogen-bond acceptors (Lipinski definition) is 5. The molecule has 0 unspecified atom stereocenters. The van der Waals surface area contributed by atoms with Crippen molar-refractivity contribution in [3.63, 3.8) is 0 Å². The summed E-state index contributed by atoms with van der Waals surface area (Å²) in [5.41, 5.74) is 0.292. The van der Waals surface area contributed by atoms with Crippen molar-refractivity contribution in [3.05, 3.63) is 39.9 Å². The highest BCUT2D eigenvalue weighted by molar-refractivity contribution is 5.87. The molecule has 0 saturated carbocycles. The van der Waals surface area contributed by atoms with Crippen LogP contribution in [0.15, 0.2) is 24.3 Å². The Hall–Kier alpha value is -2.73. The fourth-order valence-corrected chi connectivity index (χ4v) is 1.26. The van der Waals surface area contributed by atoms with E-state index in [1.54, 1.807) is 12.1 Å². The van der Waals surface area contributed by atoms with Crippen LogP contribution in [-0.4, -0.2) is 10.7 Å². The molecule has 1 aromatic carbocycles. The summed E-state index contributed by atoms with van der Waals surface area (Å²) in [5.74, 6) is -1.88. The number of ketones is 1. The summed E-state index contributed by atoms with van der Waals surface area (Å²) >= 11 is 0. The molecular formula is C13H13N3O3. The van der Waals surface area contributed by atoms with Gasteiger partial charge in [-0.2, -0.15) is 10.5 Å². The van der Waals surface area contributed by atoms with Gasteiger partial charge in [0.2, 0.25) is 0 Å². The first-order valence-electron chi connectivity index (χ1n) is 5.63. The van der Waals surface area contributed by atoms with Crippen LogP contribution >= 0.6 is 0 Å². The molecule has 0 bridgehead atoms. The zero-order valence-electron chi connectivity index (χ0n) is 10.7. The second kappa shape index (κ2) is 8.37. The van der Waals surface area contributed by atoms with Gasteiger partial charge in [0.05, 0.1) is 17.1 Å². The maximum atomic E-state index is 11.4. The molecule has 0 spiro atoms. The van der Waals surface area contributed by atoms with E-state index in [1.807, 2.05) is 13.8 Å². The number of carbonyl (C=O) groups excluding carboxylic acids is 1. The topological polar surface area (TPSA) is 108 Å². The van der Waals surface area contributed by atoms with Crippen LogP contribution < -0.4 is 0 Å². The highest BCUT2D eigenvalue weighted by Crippen LogP contribution is 2.14. The van der Waals surface area contributed by atoms with E-state index in [9.17, 15) is 14.9 Å². The van der Waals surface area contributed by atoms with Gasteiger partial charge in [-0.05, 0) is 5.56 Å². The number of nitrogens with zero attached hydrogens (tertiary/aromatic N) is 3. The highest BCUT2D eigenvalue weighted by atomic mass is 16.6. The van der Waals surface area contributed by atoms with Gasteiger partial charge in [-0.3, -0.25) is 14.9 Å². The summed E-state index contributed by atoms with van der Waals surface area (Å²) in [6.45, 7) is 4.00. The number of benzene rings is 1. The maximum Gasteiger partial charge on any atom is 0.269 e. The van der Waals surface area contributed by atoms with E-state index >= 15 is 0 Å². The van der Waals surface area contributed by atoms with Crippen LogP contribution in [0, 0.1) is 38.7 Å². The SMILES string of the molecule is CC.N#CC(C#N)C(=O)Cc1cccc([N+](=O)[O-])c1. The lowest BCUT2D eigenvalue weighted by atomic mass is 10.00. The van der Waals surface area contributed by atoms with Crippen molar-refractivity contribution in [2.45, 2.75) is 20.3 Å². The molecule has 0 saturated heterocycles. The Morgan fingerprint density at radius 1 is 1.37 bits per heavy atom. The average molecular weight is 259 g/mol. The normalized spacial score (nSPS) is 8.68. The van der Waals surface area contributed by atoms with Crippen molar-refractivity contribution in [2.24, 2.45) is 5.92 Å². The third-order valence-electron chi connectivity index (χ3n) is 2.08. The largest absolute Gasteiger partial charge is 0.297 e. The standard InChI is InChI=1S/C11H7N3O3.C2H6/c12-6-9(7-13)11(15)5-8-2-1-3-10(4-8)14(16)17;1-2/h1-4,9H,5H2;1-2H3. The van der Waals surface area contributed by atoms with Crippen molar-refractivity contribution in [1.29, 1.82) is 10.5 Å². The fourth-order valence-electron chi connectivity index (χ4n) is 1.26. The third-order valence-corrected chi connectivity index (χ3v) is 2.08. The van der Waals surface area contributed by atoms with Crippen molar-refractivity contribution in [1.82, 2.24) is 0 Å². The number of hydrogen-bond donors (Lipinski definition) is 0. The van der Waals surface area contributed by atoms with Crippen molar-refractivity contribution in [3.8, 4) is 12.1 Å². The molecule has 0 aliphatic heterocycles. The third kappa shape index (κ3) is 4.97. The molecule has 0 radical (unpaired) electrons. The Balaban J connectivity index is 0.00000154. The molecule has 0 aliphatic carbocycles. The second-order valence-electron chi connectivity index (χ2n) is 3.26. The first-order valence-corrected chi connectivity index (χ1v) is 5.63. The minimum atomic E-state index is -1.32. The summed E-state index contributed by atoms with van der Waals surface area (Å²) < 4.78 is 0. The van der Waals surface area contributed by atoms with Gasteiger partial charge in [0, 0.05) is 18.6 Å². The lowest BCUT2D eigenvalue weighted by molar-refractivity contribution is -0.384. The number of nitro benzene ring substituents is 1. The molecule has 19 heavy (non-hydrogen) atoms. The molecule has 0 N–H and O–H groups in total. The minimum Gasteiger partial charge on any atom is -0.297 e. The Kier molecular flexibility index (Phi) is 7.17. The molecule has 6 nitrogen and oxygen atoms in total. The van der Waals surface area contributed by atoms with Gasteiger partial charge in [-0.25, -0.2) is 0 Å². The van der Waals surface area contributed by atoms with Crippen LogP contribution in [0.3, 0.4) is 0 Å². The number of nitro groups is 1. The van der Waals surface area contributed by atoms with Gasteiger partial charge in [-0.15, -0.1) is 0 Å². The van der Waals surface area contributed by atoms with Crippen molar-refractivity contribution >= 4 is 11.5 Å². The molecule has 1 rings (SSSR count). The predicted octanol–water partition coefficient (Wildman–Crippen LogP) is 2.40. The van der Waals surface area contributed by atoms with Crippen LogP contribution in [0.25, 0.3) is 0 Å². The number of non-ortho nitro benzene ring substituents is 1. The molecule has 1 aromatic rings. The van der Waals surface area contributed by atoms with E-state index in [0.29, 0.717) is 5.56 Å². The molecule has 98 valence electrons. The molecular weight excluding hydrogens is 246 g/mol. The Bertz CT molecular complexity index is 527. The molecule has 6 heteroatoms. The Labute approximate surface area is 111 Å². The quantitative estimate of drug-likeness (QED) is 0.609. The van der Waals surface area contributed by atoms with E-state index in [-0.39, 0.29) is 12.1 Å². The number of nitriles is 2. The first-order chi connectivity index (χ1) is 9.08. The van der Waals surface area contributed by atoms with E-state index in [4.69, 9.17) is 10.5 Å². The van der Waals surface area contributed by atoms with Gasteiger partial charge in [0.25, 0.3) is 5.69 Å². The van der Waals surface area contributed by atoms with Crippen LogP contribution in [-0.2, 0) is 11.2 Å².